The topological polar surface area (TPSA) is 46.3 Å². The fraction of sp³-hybridized carbons (Fsp3) is 0.533. The summed E-state index contributed by atoms with van der Waals surface area (Å²) in [6.45, 7) is 8.36. The average molecular weight is 325 g/mol. The minimum Gasteiger partial charge on any atom is -0.398 e. The summed E-state index contributed by atoms with van der Waals surface area (Å²) in [4.78, 5) is 14.4. The zero-order valence-electron chi connectivity index (χ0n) is 11.7. The summed E-state index contributed by atoms with van der Waals surface area (Å²) in [5.41, 5.74) is 7.31. The molecular weight excluding hydrogens is 304 g/mol. The molecule has 1 saturated heterocycles. The van der Waals surface area contributed by atoms with Crippen molar-refractivity contribution in [3.05, 3.63) is 28.2 Å². The van der Waals surface area contributed by atoms with Crippen molar-refractivity contribution >= 4 is 27.5 Å². The van der Waals surface area contributed by atoms with Gasteiger partial charge in [-0.05, 0) is 36.0 Å². The number of amides is 1. The molecule has 2 N–H and O–H groups in total. The van der Waals surface area contributed by atoms with Crippen LogP contribution in [0.1, 0.15) is 37.6 Å². The van der Waals surface area contributed by atoms with Gasteiger partial charge in [0.1, 0.15) is 0 Å². The Morgan fingerprint density at radius 1 is 1.42 bits per heavy atom. The number of nitrogens with zero attached hydrogens (tertiary/aromatic N) is 1. The number of benzene rings is 1. The van der Waals surface area contributed by atoms with Gasteiger partial charge in [-0.25, -0.2) is 0 Å². The molecule has 0 saturated carbocycles. The molecule has 1 fully saturated rings. The van der Waals surface area contributed by atoms with Crippen molar-refractivity contribution in [3.8, 4) is 0 Å². The number of nitrogens with two attached hydrogens (primary N) is 1. The van der Waals surface area contributed by atoms with Gasteiger partial charge in [0, 0.05) is 23.2 Å². The first-order valence-electron chi connectivity index (χ1n) is 6.63. The van der Waals surface area contributed by atoms with Crippen LogP contribution in [0, 0.1) is 11.3 Å². The number of likely N-dealkylation sites (tertiary alicyclic amines) is 1. The second-order valence-electron chi connectivity index (χ2n) is 6.33. The van der Waals surface area contributed by atoms with Gasteiger partial charge in [-0.1, -0.05) is 36.7 Å². The van der Waals surface area contributed by atoms with Crippen LogP contribution in [0.4, 0.5) is 5.69 Å². The zero-order valence-corrected chi connectivity index (χ0v) is 13.3. The Hall–Kier alpha value is -1.03. The van der Waals surface area contributed by atoms with Crippen molar-refractivity contribution in [1.82, 2.24) is 4.90 Å². The van der Waals surface area contributed by atoms with Gasteiger partial charge in [0.25, 0.3) is 5.91 Å². The van der Waals surface area contributed by atoms with Gasteiger partial charge in [0.2, 0.25) is 0 Å². The van der Waals surface area contributed by atoms with E-state index in [0.29, 0.717) is 17.2 Å². The predicted octanol–water partition coefficient (Wildman–Crippen LogP) is 3.54. The maximum atomic E-state index is 12.5. The molecule has 1 aliphatic heterocycles. The van der Waals surface area contributed by atoms with E-state index in [-0.39, 0.29) is 11.3 Å². The summed E-state index contributed by atoms with van der Waals surface area (Å²) in [5, 5.41) is 0. The first kappa shape index (κ1) is 14.4. The summed E-state index contributed by atoms with van der Waals surface area (Å²) in [7, 11) is 0. The average Bonchev–Trinajstić information content (AvgIpc) is 2.80. The molecule has 2 rings (SSSR count). The van der Waals surface area contributed by atoms with Gasteiger partial charge in [-0.15, -0.1) is 0 Å². The lowest BCUT2D eigenvalue weighted by atomic mass is 9.80. The lowest BCUT2D eigenvalue weighted by Gasteiger charge is -2.27. The van der Waals surface area contributed by atoms with Gasteiger partial charge in [0.05, 0.1) is 5.56 Å². The molecular formula is C15H21BrN2O. The highest BCUT2D eigenvalue weighted by molar-refractivity contribution is 9.10. The second kappa shape index (κ2) is 5.16. The summed E-state index contributed by atoms with van der Waals surface area (Å²) in [5.74, 6) is 0.607. The maximum absolute atomic E-state index is 12.5. The Bertz CT molecular complexity index is 493. The Labute approximate surface area is 123 Å². The van der Waals surface area contributed by atoms with Crippen LogP contribution in [0.2, 0.25) is 0 Å². The molecule has 0 bridgehead atoms. The Kier molecular flexibility index (Phi) is 3.90. The maximum Gasteiger partial charge on any atom is 0.255 e. The summed E-state index contributed by atoms with van der Waals surface area (Å²) in [6, 6.07) is 5.44. The molecule has 1 unspecified atom stereocenters. The van der Waals surface area contributed by atoms with Crippen LogP contribution in [0.15, 0.2) is 22.7 Å². The van der Waals surface area contributed by atoms with E-state index >= 15 is 0 Å². The van der Waals surface area contributed by atoms with Crippen molar-refractivity contribution in [2.75, 3.05) is 18.8 Å². The van der Waals surface area contributed by atoms with Crippen LogP contribution in [-0.2, 0) is 0 Å². The van der Waals surface area contributed by atoms with Crippen LogP contribution in [-0.4, -0.2) is 23.9 Å². The number of carbonyl (C=O) groups is 1. The lowest BCUT2D eigenvalue weighted by Crippen LogP contribution is -2.31. The van der Waals surface area contributed by atoms with E-state index in [0.717, 1.165) is 24.0 Å². The molecule has 1 atom stereocenters. The van der Waals surface area contributed by atoms with Crippen molar-refractivity contribution in [1.29, 1.82) is 0 Å². The van der Waals surface area contributed by atoms with E-state index in [1.807, 2.05) is 17.0 Å². The molecule has 1 amide bonds. The number of anilines is 1. The summed E-state index contributed by atoms with van der Waals surface area (Å²) >= 11 is 3.39. The minimum atomic E-state index is 0.0468. The molecule has 104 valence electrons. The second-order valence-corrected chi connectivity index (χ2v) is 7.25. The smallest absolute Gasteiger partial charge is 0.255 e. The quantitative estimate of drug-likeness (QED) is 0.803. The molecule has 0 radical (unpaired) electrons. The van der Waals surface area contributed by atoms with Crippen LogP contribution in [0.3, 0.4) is 0 Å². The summed E-state index contributed by atoms with van der Waals surface area (Å²) in [6.07, 6.45) is 1.07. The Morgan fingerprint density at radius 3 is 2.68 bits per heavy atom. The first-order valence-corrected chi connectivity index (χ1v) is 7.42. The fourth-order valence-corrected chi connectivity index (χ4v) is 2.90. The van der Waals surface area contributed by atoms with Gasteiger partial charge < -0.3 is 10.6 Å². The monoisotopic (exact) mass is 324 g/mol. The minimum absolute atomic E-state index is 0.0468. The van der Waals surface area contributed by atoms with Crippen LogP contribution >= 0.6 is 15.9 Å². The fourth-order valence-electron chi connectivity index (χ4n) is 2.54. The molecule has 4 heteroatoms. The van der Waals surface area contributed by atoms with Crippen molar-refractivity contribution < 1.29 is 4.79 Å². The third-order valence-corrected chi connectivity index (χ3v) is 4.44. The van der Waals surface area contributed by atoms with Crippen molar-refractivity contribution in [3.63, 3.8) is 0 Å². The summed E-state index contributed by atoms with van der Waals surface area (Å²) < 4.78 is 0.886. The molecule has 1 aromatic rings. The van der Waals surface area contributed by atoms with Crippen molar-refractivity contribution in [2.45, 2.75) is 27.2 Å². The van der Waals surface area contributed by atoms with E-state index in [4.69, 9.17) is 5.73 Å². The third-order valence-electron chi connectivity index (χ3n) is 3.95. The number of halogens is 1. The van der Waals surface area contributed by atoms with E-state index in [1.54, 1.807) is 6.07 Å². The van der Waals surface area contributed by atoms with Crippen molar-refractivity contribution in [2.24, 2.45) is 11.3 Å². The Morgan fingerprint density at radius 2 is 2.11 bits per heavy atom. The van der Waals surface area contributed by atoms with E-state index < -0.39 is 0 Å². The largest absolute Gasteiger partial charge is 0.398 e. The lowest BCUT2D eigenvalue weighted by molar-refractivity contribution is 0.0777. The number of nitrogen functional groups attached to an aromatic ring is 1. The standard InChI is InChI=1S/C15H21BrN2O/c1-15(2,3)10-6-7-18(9-10)14(19)12-8-11(16)4-5-13(12)17/h4-5,8,10H,6-7,9,17H2,1-3H3. The van der Waals surface area contributed by atoms with Crippen LogP contribution < -0.4 is 5.73 Å². The Balaban J connectivity index is 2.16. The molecule has 3 nitrogen and oxygen atoms in total. The van der Waals surface area contributed by atoms with Gasteiger partial charge in [-0.2, -0.15) is 0 Å². The number of carbonyl (C=O) groups excluding carboxylic acids is 1. The number of hydrogen-bond acceptors (Lipinski definition) is 2. The highest BCUT2D eigenvalue weighted by Gasteiger charge is 2.34. The van der Waals surface area contributed by atoms with E-state index in [2.05, 4.69) is 36.7 Å². The van der Waals surface area contributed by atoms with Crippen LogP contribution in [0.5, 0.6) is 0 Å². The van der Waals surface area contributed by atoms with Gasteiger partial charge in [0.15, 0.2) is 0 Å². The van der Waals surface area contributed by atoms with E-state index in [1.165, 1.54) is 0 Å². The third kappa shape index (κ3) is 3.11. The zero-order chi connectivity index (χ0) is 14.2. The predicted molar refractivity (Wildman–Crippen MR) is 82.0 cm³/mol. The van der Waals surface area contributed by atoms with Crippen LogP contribution in [0.25, 0.3) is 0 Å². The molecule has 0 aromatic heterocycles. The van der Waals surface area contributed by atoms with Gasteiger partial charge in [-0.3, -0.25) is 4.79 Å². The molecule has 1 aliphatic rings. The van der Waals surface area contributed by atoms with Gasteiger partial charge >= 0.3 is 0 Å². The molecule has 1 aromatic carbocycles. The first-order chi connectivity index (χ1) is 8.79. The normalized spacial score (nSPS) is 19.8. The SMILES string of the molecule is CC(C)(C)C1CCN(C(=O)c2cc(Br)ccc2N)C1. The van der Waals surface area contributed by atoms with E-state index in [9.17, 15) is 4.79 Å². The molecule has 0 spiro atoms. The molecule has 0 aliphatic carbocycles. The molecule has 1 heterocycles. The number of hydrogen-bond donors (Lipinski definition) is 1. The highest BCUT2D eigenvalue weighted by Crippen LogP contribution is 2.34. The number of rotatable bonds is 1. The highest BCUT2D eigenvalue weighted by atomic mass is 79.9. The molecule has 19 heavy (non-hydrogen) atoms.